The molecule has 2 aliphatic rings. The van der Waals surface area contributed by atoms with Gasteiger partial charge in [0, 0.05) is 10.9 Å². The molecular formula is C23H27ClO4. The maximum absolute atomic E-state index is 10.6. The highest BCUT2D eigenvalue weighted by atomic mass is 35.5. The third-order valence-electron chi connectivity index (χ3n) is 6.23. The van der Waals surface area contributed by atoms with Crippen LogP contribution in [0.1, 0.15) is 49.5 Å². The molecule has 0 spiro atoms. The molecule has 0 radical (unpaired) electrons. The maximum Gasteiger partial charge on any atom is 0.119 e. The van der Waals surface area contributed by atoms with Crippen LogP contribution in [0.25, 0.3) is 0 Å². The number of hydrogen-bond acceptors (Lipinski definition) is 4. The number of aliphatic hydroxyl groups excluding tert-OH is 2. The minimum Gasteiger partial charge on any atom is -0.494 e. The second kappa shape index (κ2) is 7.68. The van der Waals surface area contributed by atoms with E-state index in [1.165, 1.54) is 0 Å². The van der Waals surface area contributed by atoms with Gasteiger partial charge in [0.05, 0.1) is 18.3 Å². The molecule has 1 saturated heterocycles. The molecule has 2 fully saturated rings. The van der Waals surface area contributed by atoms with E-state index in [1.807, 2.05) is 56.3 Å². The lowest BCUT2D eigenvalue weighted by Crippen LogP contribution is -2.62. The summed E-state index contributed by atoms with van der Waals surface area (Å²) >= 11 is 6.44. The fourth-order valence-electron chi connectivity index (χ4n) is 4.44. The first-order valence-corrected chi connectivity index (χ1v) is 10.3. The van der Waals surface area contributed by atoms with Gasteiger partial charge in [-0.1, -0.05) is 35.9 Å². The zero-order valence-electron chi connectivity index (χ0n) is 16.3. The van der Waals surface area contributed by atoms with Gasteiger partial charge in [0.15, 0.2) is 0 Å². The van der Waals surface area contributed by atoms with Crippen molar-refractivity contribution in [3.8, 4) is 5.75 Å². The summed E-state index contributed by atoms with van der Waals surface area (Å²) in [7, 11) is 0. The summed E-state index contributed by atoms with van der Waals surface area (Å²) in [5.74, 6) is 0.858. The molecule has 2 aromatic rings. The van der Waals surface area contributed by atoms with Crippen molar-refractivity contribution < 1.29 is 19.7 Å². The summed E-state index contributed by atoms with van der Waals surface area (Å²) < 4.78 is 11.8. The fraction of sp³-hybridized carbons (Fsp3) is 0.478. The Labute approximate surface area is 171 Å². The summed E-state index contributed by atoms with van der Waals surface area (Å²) in [6.07, 6.45) is 0.230. The van der Waals surface area contributed by atoms with Crippen LogP contribution in [0.4, 0.5) is 0 Å². The standard InChI is InChI=1S/C23H27ClO4/c1-3-27-17-7-4-14(5-8-17)12-16-13-15(6-9-19(16)24)22-21(26)20(25)18-10-11-23(18,2)28-22/h4-9,13,18,20-22,25-26H,3,10-12H2,1-2H3. The van der Waals surface area contributed by atoms with Crippen molar-refractivity contribution in [3.05, 3.63) is 64.2 Å². The fourth-order valence-corrected chi connectivity index (χ4v) is 4.62. The number of ether oxygens (including phenoxy) is 2. The van der Waals surface area contributed by atoms with Gasteiger partial charge in [0.2, 0.25) is 0 Å². The van der Waals surface area contributed by atoms with Crippen LogP contribution < -0.4 is 4.74 Å². The first kappa shape index (κ1) is 19.7. The molecular weight excluding hydrogens is 376 g/mol. The zero-order valence-corrected chi connectivity index (χ0v) is 17.0. The monoisotopic (exact) mass is 402 g/mol. The topological polar surface area (TPSA) is 58.9 Å². The second-order valence-corrected chi connectivity index (χ2v) is 8.49. The highest BCUT2D eigenvalue weighted by Crippen LogP contribution is 2.52. The third kappa shape index (κ3) is 3.55. The van der Waals surface area contributed by atoms with Crippen LogP contribution >= 0.6 is 11.6 Å². The maximum atomic E-state index is 10.6. The van der Waals surface area contributed by atoms with Crippen molar-refractivity contribution in [2.75, 3.05) is 6.61 Å². The minimum absolute atomic E-state index is 0.00868. The van der Waals surface area contributed by atoms with E-state index in [0.717, 1.165) is 35.3 Å². The number of rotatable bonds is 5. The van der Waals surface area contributed by atoms with Gasteiger partial charge in [-0.15, -0.1) is 0 Å². The van der Waals surface area contributed by atoms with Crippen molar-refractivity contribution in [2.24, 2.45) is 5.92 Å². The zero-order chi connectivity index (χ0) is 19.9. The summed E-state index contributed by atoms with van der Waals surface area (Å²) in [5, 5.41) is 21.8. The Morgan fingerprint density at radius 2 is 1.89 bits per heavy atom. The number of aliphatic hydroxyl groups is 2. The van der Waals surface area contributed by atoms with Crippen molar-refractivity contribution in [3.63, 3.8) is 0 Å². The number of benzene rings is 2. The lowest BCUT2D eigenvalue weighted by molar-refractivity contribution is -0.281. The molecule has 1 heterocycles. The molecule has 0 amide bonds. The van der Waals surface area contributed by atoms with E-state index in [0.29, 0.717) is 18.1 Å². The second-order valence-electron chi connectivity index (χ2n) is 8.08. The van der Waals surface area contributed by atoms with Crippen LogP contribution in [-0.4, -0.2) is 34.6 Å². The highest BCUT2D eigenvalue weighted by molar-refractivity contribution is 6.31. The molecule has 2 aromatic carbocycles. The van der Waals surface area contributed by atoms with Crippen LogP contribution in [-0.2, 0) is 11.2 Å². The molecule has 5 heteroatoms. The summed E-state index contributed by atoms with van der Waals surface area (Å²) in [6.45, 7) is 4.63. The molecule has 28 heavy (non-hydrogen) atoms. The molecule has 150 valence electrons. The van der Waals surface area contributed by atoms with Gasteiger partial charge in [0.25, 0.3) is 0 Å². The molecule has 1 aliphatic carbocycles. The van der Waals surface area contributed by atoms with E-state index in [1.54, 1.807) is 0 Å². The van der Waals surface area contributed by atoms with Gasteiger partial charge in [0.1, 0.15) is 18.0 Å². The van der Waals surface area contributed by atoms with Crippen LogP contribution in [0.2, 0.25) is 5.02 Å². The van der Waals surface area contributed by atoms with E-state index < -0.39 is 18.3 Å². The first-order chi connectivity index (χ1) is 13.4. The lowest BCUT2D eigenvalue weighted by atomic mass is 9.64. The van der Waals surface area contributed by atoms with Crippen molar-refractivity contribution in [1.29, 1.82) is 0 Å². The van der Waals surface area contributed by atoms with Gasteiger partial charge >= 0.3 is 0 Å². The third-order valence-corrected chi connectivity index (χ3v) is 6.60. The highest BCUT2D eigenvalue weighted by Gasteiger charge is 2.56. The average molecular weight is 403 g/mol. The normalized spacial score (nSPS) is 31.8. The Morgan fingerprint density at radius 3 is 2.54 bits per heavy atom. The Balaban J connectivity index is 1.56. The van der Waals surface area contributed by atoms with Crippen molar-refractivity contribution in [2.45, 2.75) is 57.0 Å². The minimum atomic E-state index is -0.933. The van der Waals surface area contributed by atoms with Crippen LogP contribution in [0, 0.1) is 5.92 Å². The van der Waals surface area contributed by atoms with Gasteiger partial charge in [-0.2, -0.15) is 0 Å². The quantitative estimate of drug-likeness (QED) is 0.783. The van der Waals surface area contributed by atoms with E-state index in [-0.39, 0.29) is 11.5 Å². The van der Waals surface area contributed by atoms with Gasteiger partial charge in [-0.3, -0.25) is 0 Å². The number of fused-ring (bicyclic) bond motifs is 1. The summed E-state index contributed by atoms with van der Waals surface area (Å²) in [6, 6.07) is 13.7. The predicted octanol–water partition coefficient (Wildman–Crippen LogP) is 4.29. The number of hydrogen-bond donors (Lipinski definition) is 2. The molecule has 1 saturated carbocycles. The molecule has 0 aromatic heterocycles. The van der Waals surface area contributed by atoms with Crippen LogP contribution in [0.3, 0.4) is 0 Å². The van der Waals surface area contributed by atoms with Crippen molar-refractivity contribution in [1.82, 2.24) is 0 Å². The van der Waals surface area contributed by atoms with Crippen LogP contribution in [0.15, 0.2) is 42.5 Å². The van der Waals surface area contributed by atoms with Crippen LogP contribution in [0.5, 0.6) is 5.75 Å². The largest absolute Gasteiger partial charge is 0.494 e. The molecule has 0 bridgehead atoms. The van der Waals surface area contributed by atoms with E-state index >= 15 is 0 Å². The molecule has 2 N–H and O–H groups in total. The summed E-state index contributed by atoms with van der Waals surface area (Å²) in [5.41, 5.74) is 2.58. The molecule has 4 nitrogen and oxygen atoms in total. The SMILES string of the molecule is CCOc1ccc(Cc2cc(C3OC4(C)CCC4C(O)C3O)ccc2Cl)cc1. The Morgan fingerprint density at radius 1 is 1.14 bits per heavy atom. The van der Waals surface area contributed by atoms with Crippen molar-refractivity contribution >= 4 is 11.6 Å². The van der Waals surface area contributed by atoms with E-state index in [2.05, 4.69) is 0 Å². The summed E-state index contributed by atoms with van der Waals surface area (Å²) in [4.78, 5) is 0. The molecule has 5 atom stereocenters. The Kier molecular flexibility index (Phi) is 5.41. The lowest BCUT2D eigenvalue weighted by Gasteiger charge is -2.56. The first-order valence-electron chi connectivity index (χ1n) is 9.95. The Bertz CT molecular complexity index is 837. The predicted molar refractivity (Wildman–Crippen MR) is 109 cm³/mol. The van der Waals surface area contributed by atoms with E-state index in [4.69, 9.17) is 21.1 Å². The number of halogens is 1. The Hall–Kier alpha value is -1.59. The van der Waals surface area contributed by atoms with Gasteiger partial charge < -0.3 is 19.7 Å². The van der Waals surface area contributed by atoms with E-state index in [9.17, 15) is 10.2 Å². The molecule has 5 unspecified atom stereocenters. The van der Waals surface area contributed by atoms with Gasteiger partial charge in [-0.05, 0) is 68.0 Å². The average Bonchev–Trinajstić information content (AvgIpc) is 2.67. The molecule has 4 rings (SSSR count). The smallest absolute Gasteiger partial charge is 0.119 e. The molecule has 1 aliphatic heterocycles. The van der Waals surface area contributed by atoms with Gasteiger partial charge in [-0.25, -0.2) is 0 Å².